The second kappa shape index (κ2) is 8.33. The van der Waals surface area contributed by atoms with Crippen LogP contribution in [0.2, 0.25) is 5.02 Å². The Morgan fingerprint density at radius 1 is 1.18 bits per heavy atom. The zero-order valence-corrected chi connectivity index (χ0v) is 20.6. The number of hydrogen-bond acceptors (Lipinski definition) is 6. The molecule has 0 atom stereocenters. The van der Waals surface area contributed by atoms with Gasteiger partial charge in [-0.3, -0.25) is 20.0 Å². The summed E-state index contributed by atoms with van der Waals surface area (Å²) in [6.45, 7) is 13.4. The van der Waals surface area contributed by atoms with Crippen LogP contribution in [0, 0.1) is 10.1 Å². The maximum atomic E-state index is 12.7. The van der Waals surface area contributed by atoms with Crippen molar-refractivity contribution in [1.29, 1.82) is 0 Å². The number of para-hydroxylation sites is 2. The van der Waals surface area contributed by atoms with Crippen molar-refractivity contribution < 1.29 is 14.5 Å². The molecule has 11 heteroatoms. The highest BCUT2D eigenvalue weighted by molar-refractivity contribution is 6.34. The molecule has 2 N–H and O–H groups in total. The second-order valence-electron chi connectivity index (χ2n) is 10.0. The summed E-state index contributed by atoms with van der Waals surface area (Å²) in [5.41, 5.74) is -0.547. The van der Waals surface area contributed by atoms with Crippen molar-refractivity contribution in [2.24, 2.45) is 0 Å². The SMILES string of the molecule is CC(C)(C)c1[nH]n2c(C(C)(C)C(C)(C)NC(=O)COc3ccccc3[N+](=O)[O-])nnc2c1Cl. The number of aromatic nitrogens is 4. The van der Waals surface area contributed by atoms with E-state index in [9.17, 15) is 14.9 Å². The molecule has 1 amide bonds. The van der Waals surface area contributed by atoms with E-state index in [1.54, 1.807) is 10.6 Å². The summed E-state index contributed by atoms with van der Waals surface area (Å²) in [5.74, 6) is 0.205. The van der Waals surface area contributed by atoms with E-state index < -0.39 is 21.8 Å². The van der Waals surface area contributed by atoms with Gasteiger partial charge in [0.1, 0.15) is 5.02 Å². The summed E-state index contributed by atoms with van der Waals surface area (Å²) in [6.07, 6.45) is 0. The molecule has 33 heavy (non-hydrogen) atoms. The van der Waals surface area contributed by atoms with Gasteiger partial charge in [-0.15, -0.1) is 10.2 Å². The molecule has 0 saturated carbocycles. The smallest absolute Gasteiger partial charge is 0.310 e. The first kappa shape index (κ1) is 24.5. The van der Waals surface area contributed by atoms with Gasteiger partial charge in [0.2, 0.25) is 0 Å². The molecule has 0 saturated heterocycles. The molecule has 0 unspecified atom stereocenters. The molecule has 0 spiro atoms. The predicted octanol–water partition coefficient (Wildman–Crippen LogP) is 4.17. The highest BCUT2D eigenvalue weighted by Gasteiger charge is 2.44. The fraction of sp³-hybridized carbons (Fsp3) is 0.500. The number of amides is 1. The Morgan fingerprint density at radius 2 is 1.82 bits per heavy atom. The molecule has 0 radical (unpaired) electrons. The van der Waals surface area contributed by atoms with Gasteiger partial charge in [-0.25, -0.2) is 4.52 Å². The van der Waals surface area contributed by atoms with Gasteiger partial charge in [-0.2, -0.15) is 0 Å². The number of carbonyl (C=O) groups excluding carboxylic acids is 1. The van der Waals surface area contributed by atoms with Crippen molar-refractivity contribution >= 4 is 28.8 Å². The lowest BCUT2D eigenvalue weighted by Crippen LogP contribution is -2.57. The Hall–Kier alpha value is -3.14. The lowest BCUT2D eigenvalue weighted by Gasteiger charge is -2.40. The number of nitro benzene ring substituents is 1. The second-order valence-corrected chi connectivity index (χ2v) is 10.4. The number of nitro groups is 1. The van der Waals surface area contributed by atoms with Crippen molar-refractivity contribution in [3.05, 3.63) is 50.9 Å². The molecular formula is C22H29ClN6O4. The van der Waals surface area contributed by atoms with Crippen LogP contribution in [-0.4, -0.2) is 42.8 Å². The standard InChI is InChI=1S/C22H29ClN6O4/c1-20(2,3)17-16(23)18-25-26-19(28(18)27-17)21(4,5)22(6,7)24-15(30)12-33-14-11-9-8-10-13(14)29(31)32/h8-11,27H,12H2,1-7H3,(H,24,30). The van der Waals surface area contributed by atoms with Gasteiger partial charge in [-0.05, 0) is 19.9 Å². The van der Waals surface area contributed by atoms with Crippen LogP contribution >= 0.6 is 11.6 Å². The van der Waals surface area contributed by atoms with Crippen LogP contribution < -0.4 is 10.1 Å². The molecule has 0 fully saturated rings. The van der Waals surface area contributed by atoms with Crippen LogP contribution in [0.1, 0.15) is 60.0 Å². The third-order valence-corrected chi connectivity index (χ3v) is 6.40. The molecule has 3 rings (SSSR count). The van der Waals surface area contributed by atoms with Crippen molar-refractivity contribution in [2.45, 2.75) is 64.8 Å². The number of ether oxygens (including phenoxy) is 1. The first-order chi connectivity index (χ1) is 15.2. The largest absolute Gasteiger partial charge is 0.477 e. The minimum atomic E-state index is -0.793. The van der Waals surface area contributed by atoms with Gasteiger partial charge in [0.05, 0.1) is 10.6 Å². The van der Waals surface area contributed by atoms with Crippen LogP contribution in [0.5, 0.6) is 5.75 Å². The van der Waals surface area contributed by atoms with E-state index >= 15 is 0 Å². The van der Waals surface area contributed by atoms with Gasteiger partial charge in [0.25, 0.3) is 5.91 Å². The van der Waals surface area contributed by atoms with E-state index in [0.717, 1.165) is 5.69 Å². The van der Waals surface area contributed by atoms with E-state index in [1.165, 1.54) is 18.2 Å². The number of H-pyrrole nitrogens is 1. The fourth-order valence-electron chi connectivity index (χ4n) is 3.40. The summed E-state index contributed by atoms with van der Waals surface area (Å²) in [5, 5.41) is 26.5. The van der Waals surface area contributed by atoms with Gasteiger partial charge in [0.15, 0.2) is 23.8 Å². The number of benzene rings is 1. The van der Waals surface area contributed by atoms with Gasteiger partial charge >= 0.3 is 5.69 Å². The third kappa shape index (κ3) is 4.52. The number of carbonyl (C=O) groups is 1. The van der Waals surface area contributed by atoms with Crippen LogP contribution in [0.4, 0.5) is 5.69 Å². The highest BCUT2D eigenvalue weighted by atomic mass is 35.5. The Kier molecular flexibility index (Phi) is 6.18. The van der Waals surface area contributed by atoms with Crippen molar-refractivity contribution in [1.82, 2.24) is 25.1 Å². The monoisotopic (exact) mass is 476 g/mol. The maximum Gasteiger partial charge on any atom is 0.310 e. The van der Waals surface area contributed by atoms with Gasteiger partial charge in [0, 0.05) is 22.4 Å². The molecule has 0 bridgehead atoms. The normalized spacial score (nSPS) is 12.7. The summed E-state index contributed by atoms with van der Waals surface area (Å²) in [6, 6.07) is 5.92. The summed E-state index contributed by atoms with van der Waals surface area (Å²) in [7, 11) is 0. The molecule has 0 aliphatic carbocycles. The van der Waals surface area contributed by atoms with E-state index in [1.807, 2.05) is 48.5 Å². The Morgan fingerprint density at radius 3 is 2.42 bits per heavy atom. The van der Waals surface area contributed by atoms with Gasteiger partial charge < -0.3 is 10.1 Å². The molecular weight excluding hydrogens is 448 g/mol. The van der Waals surface area contributed by atoms with E-state index in [2.05, 4.69) is 20.6 Å². The molecule has 0 aliphatic rings. The number of fused-ring (bicyclic) bond motifs is 1. The molecule has 0 aliphatic heterocycles. The van der Waals surface area contributed by atoms with Crippen molar-refractivity contribution in [3.8, 4) is 5.75 Å². The molecule has 10 nitrogen and oxygen atoms in total. The molecule has 2 aromatic heterocycles. The highest BCUT2D eigenvalue weighted by Crippen LogP contribution is 2.37. The average molecular weight is 477 g/mol. The summed E-state index contributed by atoms with van der Waals surface area (Å²) in [4.78, 5) is 23.3. The number of hydrogen-bond donors (Lipinski definition) is 2. The van der Waals surface area contributed by atoms with Gasteiger partial charge in [-0.1, -0.05) is 58.4 Å². The Labute approximate surface area is 196 Å². The van der Waals surface area contributed by atoms with Crippen LogP contribution in [0.25, 0.3) is 5.65 Å². The molecule has 1 aromatic carbocycles. The Balaban J connectivity index is 1.82. The first-order valence-corrected chi connectivity index (χ1v) is 10.9. The first-order valence-electron chi connectivity index (χ1n) is 10.5. The number of rotatable bonds is 7. The lowest BCUT2D eigenvalue weighted by atomic mass is 9.73. The minimum Gasteiger partial charge on any atom is -0.477 e. The lowest BCUT2D eigenvalue weighted by molar-refractivity contribution is -0.385. The Bertz CT molecular complexity index is 1210. The third-order valence-electron chi connectivity index (χ3n) is 6.05. The summed E-state index contributed by atoms with van der Waals surface area (Å²) < 4.78 is 7.18. The number of nitrogens with one attached hydrogen (secondary N) is 2. The van der Waals surface area contributed by atoms with E-state index in [4.69, 9.17) is 16.3 Å². The molecule has 3 aromatic rings. The minimum absolute atomic E-state index is 0.0321. The topological polar surface area (TPSA) is 127 Å². The van der Waals surface area contributed by atoms with Crippen LogP contribution in [0.3, 0.4) is 0 Å². The number of aromatic amines is 1. The van der Waals surface area contributed by atoms with Crippen LogP contribution in [0.15, 0.2) is 24.3 Å². The zero-order chi connectivity index (χ0) is 24.8. The maximum absolute atomic E-state index is 12.7. The van der Waals surface area contributed by atoms with Crippen molar-refractivity contribution in [2.75, 3.05) is 6.61 Å². The van der Waals surface area contributed by atoms with E-state index in [-0.39, 0.29) is 23.5 Å². The number of halogens is 1. The quantitative estimate of drug-likeness (QED) is 0.389. The van der Waals surface area contributed by atoms with E-state index in [0.29, 0.717) is 16.5 Å². The summed E-state index contributed by atoms with van der Waals surface area (Å²) >= 11 is 6.55. The predicted molar refractivity (Wildman–Crippen MR) is 125 cm³/mol. The fourth-order valence-corrected chi connectivity index (χ4v) is 3.85. The zero-order valence-electron chi connectivity index (χ0n) is 19.8. The molecule has 2 heterocycles. The van der Waals surface area contributed by atoms with Crippen molar-refractivity contribution in [3.63, 3.8) is 0 Å². The number of nitrogens with zero attached hydrogens (tertiary/aromatic N) is 4. The van der Waals surface area contributed by atoms with Crippen LogP contribution in [-0.2, 0) is 15.6 Å². The molecule has 178 valence electrons. The average Bonchev–Trinajstić information content (AvgIpc) is 3.26.